The normalized spacial score (nSPS) is 10.8. The van der Waals surface area contributed by atoms with Gasteiger partial charge in [-0.2, -0.15) is 0 Å². The van der Waals surface area contributed by atoms with E-state index in [2.05, 4.69) is 15.5 Å². The van der Waals surface area contributed by atoms with E-state index in [1.165, 1.54) is 0 Å². The summed E-state index contributed by atoms with van der Waals surface area (Å²) in [6, 6.07) is 10.8. The van der Waals surface area contributed by atoms with Gasteiger partial charge >= 0.3 is 0 Å². The molecular weight excluding hydrogens is 358 g/mol. The van der Waals surface area contributed by atoms with E-state index in [0.717, 1.165) is 41.1 Å². The number of aromatic nitrogens is 3. The molecule has 1 heterocycles. The van der Waals surface area contributed by atoms with Crippen molar-refractivity contribution in [3.63, 3.8) is 0 Å². The molecule has 134 valence electrons. The van der Waals surface area contributed by atoms with Crippen molar-refractivity contribution in [2.75, 3.05) is 11.1 Å². The summed E-state index contributed by atoms with van der Waals surface area (Å²) in [7, 11) is 1.81. The number of carbonyl (C=O) groups excluding carboxylic acids is 1. The zero-order valence-electron chi connectivity index (χ0n) is 14.2. The van der Waals surface area contributed by atoms with Gasteiger partial charge in [0.05, 0.1) is 11.4 Å². The number of nitrogens with one attached hydrogen (secondary N) is 1. The van der Waals surface area contributed by atoms with Gasteiger partial charge in [-0.05, 0) is 19.1 Å². The van der Waals surface area contributed by atoms with Crippen LogP contribution in [0.3, 0.4) is 0 Å². The molecule has 0 aliphatic carbocycles. The van der Waals surface area contributed by atoms with Crippen LogP contribution in [0, 0.1) is 18.6 Å². The number of thioether (sulfide) groups is 1. The van der Waals surface area contributed by atoms with Gasteiger partial charge in [-0.15, -0.1) is 10.2 Å². The zero-order chi connectivity index (χ0) is 18.7. The number of hydrogen-bond donors (Lipinski definition) is 1. The molecule has 5 nitrogen and oxygen atoms in total. The van der Waals surface area contributed by atoms with E-state index in [9.17, 15) is 13.6 Å². The van der Waals surface area contributed by atoms with Gasteiger partial charge in [-0.1, -0.05) is 41.6 Å². The minimum atomic E-state index is -0.690. The van der Waals surface area contributed by atoms with Gasteiger partial charge in [-0.25, -0.2) is 8.78 Å². The standard InChI is InChI=1S/C18H16F2N4OS/c1-11-3-5-12(6-4-11)17-22-23-18(24(17)2)26-10-16(25)21-15-9-13(19)7-8-14(15)20/h3-9H,10H2,1-2H3,(H,21,25). The first-order valence-corrected chi connectivity index (χ1v) is 8.77. The molecule has 0 unspecified atom stereocenters. The quantitative estimate of drug-likeness (QED) is 0.690. The maximum absolute atomic E-state index is 13.6. The summed E-state index contributed by atoms with van der Waals surface area (Å²) in [5, 5.41) is 11.1. The number of halogens is 2. The average molecular weight is 374 g/mol. The number of amides is 1. The van der Waals surface area contributed by atoms with Crippen LogP contribution in [-0.4, -0.2) is 26.4 Å². The minimum Gasteiger partial charge on any atom is -0.323 e. The monoisotopic (exact) mass is 374 g/mol. The molecule has 0 fully saturated rings. The Morgan fingerprint density at radius 3 is 2.62 bits per heavy atom. The summed E-state index contributed by atoms with van der Waals surface area (Å²) in [6.07, 6.45) is 0. The molecular formula is C18H16F2N4OS. The van der Waals surface area contributed by atoms with Gasteiger partial charge in [0, 0.05) is 18.7 Å². The van der Waals surface area contributed by atoms with Gasteiger partial charge in [0.15, 0.2) is 11.0 Å². The Balaban J connectivity index is 1.65. The fraction of sp³-hybridized carbons (Fsp3) is 0.167. The van der Waals surface area contributed by atoms with Crippen molar-refractivity contribution in [3.05, 3.63) is 59.7 Å². The van der Waals surface area contributed by atoms with Gasteiger partial charge in [-0.3, -0.25) is 4.79 Å². The van der Waals surface area contributed by atoms with Crippen LogP contribution in [0.15, 0.2) is 47.6 Å². The first kappa shape index (κ1) is 18.1. The largest absolute Gasteiger partial charge is 0.323 e. The molecule has 0 bridgehead atoms. The van der Waals surface area contributed by atoms with Crippen molar-refractivity contribution in [1.29, 1.82) is 0 Å². The predicted molar refractivity (Wildman–Crippen MR) is 96.9 cm³/mol. The van der Waals surface area contributed by atoms with Gasteiger partial charge < -0.3 is 9.88 Å². The van der Waals surface area contributed by atoms with Crippen molar-refractivity contribution in [2.24, 2.45) is 7.05 Å². The van der Waals surface area contributed by atoms with Crippen molar-refractivity contribution in [2.45, 2.75) is 12.1 Å². The number of carbonyl (C=O) groups is 1. The number of benzene rings is 2. The highest BCUT2D eigenvalue weighted by Crippen LogP contribution is 2.23. The number of anilines is 1. The molecule has 3 rings (SSSR count). The maximum Gasteiger partial charge on any atom is 0.234 e. The minimum absolute atomic E-state index is 0.00414. The predicted octanol–water partition coefficient (Wildman–Crippen LogP) is 3.80. The number of aryl methyl sites for hydroxylation is 1. The topological polar surface area (TPSA) is 59.8 Å². The molecule has 0 aliphatic rings. The summed E-state index contributed by atoms with van der Waals surface area (Å²) in [4.78, 5) is 12.0. The Bertz CT molecular complexity index is 941. The Kier molecular flexibility index (Phi) is 5.32. The van der Waals surface area contributed by atoms with E-state index >= 15 is 0 Å². The van der Waals surface area contributed by atoms with Crippen LogP contribution in [0.4, 0.5) is 14.5 Å². The van der Waals surface area contributed by atoms with Crippen molar-refractivity contribution in [1.82, 2.24) is 14.8 Å². The highest BCUT2D eigenvalue weighted by molar-refractivity contribution is 7.99. The molecule has 0 atom stereocenters. The van der Waals surface area contributed by atoms with Gasteiger partial charge in [0.25, 0.3) is 0 Å². The molecule has 0 spiro atoms. The van der Waals surface area contributed by atoms with Crippen LogP contribution in [0.1, 0.15) is 5.56 Å². The fourth-order valence-corrected chi connectivity index (χ4v) is 3.02. The Morgan fingerprint density at radius 2 is 1.88 bits per heavy atom. The van der Waals surface area contributed by atoms with Crippen molar-refractivity contribution >= 4 is 23.4 Å². The van der Waals surface area contributed by atoms with Crippen LogP contribution in [-0.2, 0) is 11.8 Å². The van der Waals surface area contributed by atoms with E-state index in [4.69, 9.17) is 0 Å². The zero-order valence-corrected chi connectivity index (χ0v) is 15.0. The van der Waals surface area contributed by atoms with E-state index in [1.54, 1.807) is 4.57 Å². The lowest BCUT2D eigenvalue weighted by molar-refractivity contribution is -0.113. The smallest absolute Gasteiger partial charge is 0.234 e. The lowest BCUT2D eigenvalue weighted by Gasteiger charge is -2.07. The Hall–Kier alpha value is -2.74. The summed E-state index contributed by atoms with van der Waals surface area (Å²) in [5.74, 6) is -1.09. The first-order valence-electron chi connectivity index (χ1n) is 7.78. The van der Waals surface area contributed by atoms with E-state index in [0.29, 0.717) is 11.0 Å². The Morgan fingerprint density at radius 1 is 1.15 bits per heavy atom. The highest BCUT2D eigenvalue weighted by atomic mass is 32.2. The molecule has 1 N–H and O–H groups in total. The first-order chi connectivity index (χ1) is 12.4. The molecule has 0 radical (unpaired) electrons. The molecule has 26 heavy (non-hydrogen) atoms. The molecule has 0 saturated heterocycles. The van der Waals surface area contributed by atoms with E-state index in [-0.39, 0.29) is 11.4 Å². The fourth-order valence-electron chi connectivity index (χ4n) is 2.30. The van der Waals surface area contributed by atoms with Crippen LogP contribution < -0.4 is 5.32 Å². The third-order valence-electron chi connectivity index (χ3n) is 3.68. The molecule has 0 aliphatic heterocycles. The molecule has 1 amide bonds. The molecule has 1 aromatic heterocycles. The van der Waals surface area contributed by atoms with E-state index < -0.39 is 17.5 Å². The summed E-state index contributed by atoms with van der Waals surface area (Å²) < 4.78 is 28.5. The highest BCUT2D eigenvalue weighted by Gasteiger charge is 2.14. The SMILES string of the molecule is Cc1ccc(-c2nnc(SCC(=O)Nc3cc(F)ccc3F)n2C)cc1. The van der Waals surface area contributed by atoms with Crippen LogP contribution in [0.25, 0.3) is 11.4 Å². The van der Waals surface area contributed by atoms with Crippen LogP contribution >= 0.6 is 11.8 Å². The molecule has 0 saturated carbocycles. The third kappa shape index (κ3) is 4.08. The summed E-state index contributed by atoms with van der Waals surface area (Å²) in [5.41, 5.74) is 1.88. The van der Waals surface area contributed by atoms with Crippen molar-refractivity contribution in [3.8, 4) is 11.4 Å². The second kappa shape index (κ2) is 7.65. The molecule has 3 aromatic rings. The van der Waals surface area contributed by atoms with Crippen molar-refractivity contribution < 1.29 is 13.6 Å². The number of nitrogens with zero attached hydrogens (tertiary/aromatic N) is 3. The van der Waals surface area contributed by atoms with Gasteiger partial charge in [0.1, 0.15) is 11.6 Å². The summed E-state index contributed by atoms with van der Waals surface area (Å²) in [6.45, 7) is 2.00. The molecule has 8 heteroatoms. The lowest BCUT2D eigenvalue weighted by Crippen LogP contribution is -2.15. The second-order valence-corrected chi connectivity index (χ2v) is 6.63. The second-order valence-electron chi connectivity index (χ2n) is 5.69. The average Bonchev–Trinajstić information content (AvgIpc) is 2.98. The van der Waals surface area contributed by atoms with Crippen LogP contribution in [0.5, 0.6) is 0 Å². The number of hydrogen-bond acceptors (Lipinski definition) is 4. The third-order valence-corrected chi connectivity index (χ3v) is 4.70. The Labute approximate surface area is 153 Å². The number of rotatable bonds is 5. The van der Waals surface area contributed by atoms with Crippen LogP contribution in [0.2, 0.25) is 0 Å². The molecule has 2 aromatic carbocycles. The van der Waals surface area contributed by atoms with Gasteiger partial charge in [0.2, 0.25) is 5.91 Å². The maximum atomic E-state index is 13.6. The lowest BCUT2D eigenvalue weighted by atomic mass is 10.1. The summed E-state index contributed by atoms with van der Waals surface area (Å²) >= 11 is 1.16. The van der Waals surface area contributed by atoms with E-state index in [1.807, 2.05) is 38.2 Å².